The van der Waals surface area contributed by atoms with E-state index in [4.69, 9.17) is 5.11 Å². The molecule has 112 valence electrons. The molecule has 2 rings (SSSR count). The van der Waals surface area contributed by atoms with Gasteiger partial charge in [-0.15, -0.1) is 11.3 Å². The van der Waals surface area contributed by atoms with E-state index in [1.807, 2.05) is 6.92 Å². The monoisotopic (exact) mass is 317 g/mol. The molecule has 0 aromatic carbocycles. The van der Waals surface area contributed by atoms with Crippen molar-refractivity contribution in [1.82, 2.24) is 4.31 Å². The van der Waals surface area contributed by atoms with Gasteiger partial charge in [0.1, 0.15) is 9.09 Å². The van der Waals surface area contributed by atoms with Crippen molar-refractivity contribution in [3.8, 4) is 0 Å². The van der Waals surface area contributed by atoms with Crippen molar-refractivity contribution >= 4 is 27.3 Å². The Morgan fingerprint density at radius 2 is 2.10 bits per heavy atom. The molecule has 2 heterocycles. The zero-order valence-corrected chi connectivity index (χ0v) is 13.4. The Balaban J connectivity index is 2.35. The number of sulfonamides is 1. The van der Waals surface area contributed by atoms with Gasteiger partial charge in [-0.1, -0.05) is 6.92 Å². The zero-order valence-electron chi connectivity index (χ0n) is 11.8. The summed E-state index contributed by atoms with van der Waals surface area (Å²) < 4.78 is 26.9. The highest BCUT2D eigenvalue weighted by atomic mass is 32.2. The lowest BCUT2D eigenvalue weighted by Crippen LogP contribution is -2.43. The molecule has 0 amide bonds. The molecule has 0 saturated carbocycles. The first-order chi connectivity index (χ1) is 9.23. The molecule has 1 aromatic heterocycles. The van der Waals surface area contributed by atoms with Crippen LogP contribution in [0.1, 0.15) is 41.9 Å². The van der Waals surface area contributed by atoms with Crippen LogP contribution in [0.2, 0.25) is 0 Å². The minimum absolute atomic E-state index is 0.0422. The topological polar surface area (TPSA) is 74.7 Å². The van der Waals surface area contributed by atoms with Crippen molar-refractivity contribution in [2.75, 3.05) is 6.54 Å². The van der Waals surface area contributed by atoms with E-state index in [2.05, 4.69) is 6.92 Å². The first kappa shape index (κ1) is 15.5. The fourth-order valence-corrected chi connectivity index (χ4v) is 5.82. The zero-order chi connectivity index (χ0) is 15.1. The van der Waals surface area contributed by atoms with Gasteiger partial charge in [-0.2, -0.15) is 4.31 Å². The van der Waals surface area contributed by atoms with Crippen LogP contribution in [-0.4, -0.2) is 36.4 Å². The standard InChI is InChI=1S/C13H19NO4S2/c1-8-4-5-14(10(3)6-8)20(17,18)11-7-9(2)12(19-11)13(15)16/h7-8,10H,4-6H2,1-3H3,(H,15,16). The summed E-state index contributed by atoms with van der Waals surface area (Å²) in [4.78, 5) is 11.1. The van der Waals surface area contributed by atoms with Crippen molar-refractivity contribution in [2.24, 2.45) is 5.92 Å². The smallest absolute Gasteiger partial charge is 0.346 e. The van der Waals surface area contributed by atoms with Crippen LogP contribution in [0.3, 0.4) is 0 Å². The van der Waals surface area contributed by atoms with Gasteiger partial charge in [-0.3, -0.25) is 0 Å². The van der Waals surface area contributed by atoms with E-state index in [-0.39, 0.29) is 15.1 Å². The molecule has 7 heteroatoms. The molecular weight excluding hydrogens is 298 g/mol. The summed E-state index contributed by atoms with van der Waals surface area (Å²) in [7, 11) is -3.58. The maximum Gasteiger partial charge on any atom is 0.346 e. The van der Waals surface area contributed by atoms with E-state index in [0.717, 1.165) is 24.2 Å². The predicted octanol–water partition coefficient (Wildman–Crippen LogP) is 2.56. The van der Waals surface area contributed by atoms with Gasteiger partial charge in [0.2, 0.25) is 0 Å². The summed E-state index contributed by atoms with van der Waals surface area (Å²) in [6, 6.07) is 1.42. The number of aromatic carboxylic acids is 1. The summed E-state index contributed by atoms with van der Waals surface area (Å²) in [5, 5.41) is 9.04. The number of aryl methyl sites for hydroxylation is 1. The SMILES string of the molecule is Cc1cc(S(=O)(=O)N2CCC(C)CC2C)sc1C(=O)O. The van der Waals surface area contributed by atoms with Crippen LogP contribution in [0, 0.1) is 12.8 Å². The lowest BCUT2D eigenvalue weighted by Gasteiger charge is -2.35. The van der Waals surface area contributed by atoms with Crippen LogP contribution < -0.4 is 0 Å². The third-order valence-electron chi connectivity index (χ3n) is 3.73. The fraction of sp³-hybridized carbons (Fsp3) is 0.615. The third-order valence-corrected chi connectivity index (χ3v) is 7.42. The summed E-state index contributed by atoms with van der Waals surface area (Å²) in [6.07, 6.45) is 1.69. The van der Waals surface area contributed by atoms with Gasteiger partial charge in [0.25, 0.3) is 10.0 Å². The molecule has 0 aliphatic carbocycles. The molecule has 5 nitrogen and oxygen atoms in total. The van der Waals surface area contributed by atoms with E-state index in [0.29, 0.717) is 18.0 Å². The number of rotatable bonds is 3. The lowest BCUT2D eigenvalue weighted by atomic mass is 9.95. The number of thiophene rings is 1. The second kappa shape index (κ2) is 5.46. The Kier molecular flexibility index (Phi) is 4.22. The van der Waals surface area contributed by atoms with Crippen LogP contribution in [0.5, 0.6) is 0 Å². The van der Waals surface area contributed by atoms with Gasteiger partial charge >= 0.3 is 5.97 Å². The van der Waals surface area contributed by atoms with Crippen molar-refractivity contribution in [2.45, 2.75) is 43.9 Å². The van der Waals surface area contributed by atoms with E-state index in [9.17, 15) is 13.2 Å². The maximum absolute atomic E-state index is 12.6. The van der Waals surface area contributed by atoms with Gasteiger partial charge in [-0.05, 0) is 44.2 Å². The van der Waals surface area contributed by atoms with Crippen molar-refractivity contribution in [3.63, 3.8) is 0 Å². The molecule has 1 saturated heterocycles. The third kappa shape index (κ3) is 2.75. The van der Waals surface area contributed by atoms with E-state index < -0.39 is 16.0 Å². The van der Waals surface area contributed by atoms with Crippen LogP contribution in [-0.2, 0) is 10.0 Å². The molecule has 1 fully saturated rings. The number of carboxylic acid groups (broad SMARTS) is 1. The molecule has 2 atom stereocenters. The maximum atomic E-state index is 12.6. The second-order valence-electron chi connectivity index (χ2n) is 5.48. The number of carbonyl (C=O) groups is 1. The summed E-state index contributed by atoms with van der Waals surface area (Å²) in [5.41, 5.74) is 0.499. The number of piperidine rings is 1. The number of hydrogen-bond acceptors (Lipinski definition) is 4. The van der Waals surface area contributed by atoms with Gasteiger partial charge < -0.3 is 5.11 Å². The van der Waals surface area contributed by atoms with Crippen molar-refractivity contribution in [1.29, 1.82) is 0 Å². The fourth-order valence-electron chi connectivity index (χ4n) is 2.65. The highest BCUT2D eigenvalue weighted by Gasteiger charge is 2.34. The molecule has 0 spiro atoms. The predicted molar refractivity (Wildman–Crippen MR) is 77.8 cm³/mol. The normalized spacial score (nSPS) is 24.8. The van der Waals surface area contributed by atoms with E-state index in [1.165, 1.54) is 10.4 Å². The van der Waals surface area contributed by atoms with Crippen molar-refractivity contribution < 1.29 is 18.3 Å². The first-order valence-corrected chi connectivity index (χ1v) is 8.84. The lowest BCUT2D eigenvalue weighted by molar-refractivity contribution is 0.0701. The molecule has 2 unspecified atom stereocenters. The molecule has 1 aliphatic heterocycles. The summed E-state index contributed by atoms with van der Waals surface area (Å²) in [5.74, 6) is -0.551. The molecule has 20 heavy (non-hydrogen) atoms. The Morgan fingerprint density at radius 3 is 2.60 bits per heavy atom. The van der Waals surface area contributed by atoms with E-state index >= 15 is 0 Å². The van der Waals surface area contributed by atoms with Crippen LogP contribution >= 0.6 is 11.3 Å². The van der Waals surface area contributed by atoms with Gasteiger partial charge in [0.15, 0.2) is 0 Å². The van der Waals surface area contributed by atoms with E-state index in [1.54, 1.807) is 6.92 Å². The minimum Gasteiger partial charge on any atom is -0.477 e. The number of nitrogens with zero attached hydrogens (tertiary/aromatic N) is 1. The summed E-state index contributed by atoms with van der Waals surface area (Å²) in [6.45, 7) is 6.16. The largest absolute Gasteiger partial charge is 0.477 e. The van der Waals surface area contributed by atoms with Gasteiger partial charge in [-0.25, -0.2) is 13.2 Å². The van der Waals surface area contributed by atoms with Gasteiger partial charge in [0, 0.05) is 12.6 Å². The van der Waals surface area contributed by atoms with Crippen LogP contribution in [0.25, 0.3) is 0 Å². The highest BCUT2D eigenvalue weighted by Crippen LogP contribution is 2.33. The van der Waals surface area contributed by atoms with Crippen LogP contribution in [0.4, 0.5) is 0 Å². The summed E-state index contributed by atoms with van der Waals surface area (Å²) >= 11 is 0.842. The average molecular weight is 317 g/mol. The molecule has 1 N–H and O–H groups in total. The second-order valence-corrected chi connectivity index (χ2v) is 8.65. The number of hydrogen-bond donors (Lipinski definition) is 1. The molecule has 0 radical (unpaired) electrons. The Bertz CT molecular complexity index is 620. The molecule has 1 aliphatic rings. The molecule has 1 aromatic rings. The molecular formula is C13H19NO4S2. The van der Waals surface area contributed by atoms with Crippen molar-refractivity contribution in [3.05, 3.63) is 16.5 Å². The minimum atomic E-state index is -3.58. The average Bonchev–Trinajstić information content (AvgIpc) is 2.71. The quantitative estimate of drug-likeness (QED) is 0.929. The number of carboxylic acids is 1. The Hall–Kier alpha value is -0.920. The Labute approximate surface area is 123 Å². The Morgan fingerprint density at radius 1 is 1.45 bits per heavy atom. The first-order valence-electron chi connectivity index (χ1n) is 6.59. The highest BCUT2D eigenvalue weighted by molar-refractivity contribution is 7.91. The van der Waals surface area contributed by atoms with Crippen LogP contribution in [0.15, 0.2) is 10.3 Å². The van der Waals surface area contributed by atoms with Gasteiger partial charge in [0.05, 0.1) is 0 Å². The molecule has 0 bridgehead atoms.